The van der Waals surface area contributed by atoms with E-state index in [9.17, 15) is 0 Å². The first-order chi connectivity index (χ1) is 6.63. The van der Waals surface area contributed by atoms with Gasteiger partial charge in [0.2, 0.25) is 0 Å². The Labute approximate surface area is 113 Å². The predicted molar refractivity (Wildman–Crippen MR) is 54.3 cm³/mol. The number of rotatable bonds is 0. The van der Waals surface area contributed by atoms with Gasteiger partial charge >= 0.3 is 23.1 Å². The average Bonchev–Trinajstić information content (AvgIpc) is 2.13. The predicted octanol–water partition coefficient (Wildman–Crippen LogP) is -0.655. The number of hydrogen-bond acceptors (Lipinski definition) is 4. The molecule has 0 aliphatic carbocycles. The van der Waals surface area contributed by atoms with Crippen LogP contribution in [-0.4, -0.2) is 36.0 Å². The summed E-state index contributed by atoms with van der Waals surface area (Å²) >= 11 is 11.2. The molecule has 0 aliphatic heterocycles. The summed E-state index contributed by atoms with van der Waals surface area (Å²) in [6, 6.07) is 7.19. The van der Waals surface area contributed by atoms with Gasteiger partial charge in [-0.25, -0.2) is 0 Å². The molecule has 0 saturated carbocycles. The summed E-state index contributed by atoms with van der Waals surface area (Å²) in [6.45, 7) is -1.00. The molecular formula is C8H6Cl2MgO4. The molecule has 7 heteroatoms. The van der Waals surface area contributed by atoms with Gasteiger partial charge in [0.1, 0.15) is 0 Å². The Morgan fingerprint density at radius 3 is 1.27 bits per heavy atom. The molecule has 15 heavy (non-hydrogen) atoms. The largest absolute Gasteiger partial charge is 2.00 e. The number of carbonyl (C=O) groups is 2. The van der Waals surface area contributed by atoms with Crippen molar-refractivity contribution >= 4 is 59.2 Å². The van der Waals surface area contributed by atoms with Crippen LogP contribution in [0.15, 0.2) is 24.3 Å². The molecule has 0 radical (unpaired) electrons. The maximum Gasteiger partial charge on any atom is 2.00 e. The molecule has 1 rings (SSSR count). The second-order valence-electron chi connectivity index (χ2n) is 1.61. The van der Waals surface area contributed by atoms with Crippen LogP contribution in [0, 0.1) is 0 Å². The molecule has 0 atom stereocenters. The number of carboxylic acid groups (broad SMARTS) is 2. The summed E-state index contributed by atoms with van der Waals surface area (Å²) in [4.78, 5) is 16.5. The normalized spacial score (nSPS) is 6.53. The summed E-state index contributed by atoms with van der Waals surface area (Å²) in [7, 11) is 0. The van der Waals surface area contributed by atoms with Crippen LogP contribution in [0.2, 0.25) is 10.0 Å². The Kier molecular flexibility index (Phi) is 21.3. The van der Waals surface area contributed by atoms with E-state index < -0.39 is 12.9 Å². The SMILES string of the molecule is Clc1ccccc1Cl.O=C[O-].O=C[O-].[Mg+2]. The third-order valence-electron chi connectivity index (χ3n) is 0.824. The maximum absolute atomic E-state index is 8.25. The summed E-state index contributed by atoms with van der Waals surface area (Å²) < 4.78 is 0. The number of carbonyl (C=O) groups excluding carboxylic acids is 2. The molecule has 1 aromatic carbocycles. The fourth-order valence-electron chi connectivity index (χ4n) is 0.439. The molecule has 4 nitrogen and oxygen atoms in total. The molecule has 0 fully saturated rings. The third-order valence-corrected chi connectivity index (χ3v) is 1.58. The zero-order valence-corrected chi connectivity index (χ0v) is 10.5. The van der Waals surface area contributed by atoms with Crippen molar-refractivity contribution in [1.82, 2.24) is 0 Å². The molecule has 0 saturated heterocycles. The van der Waals surface area contributed by atoms with E-state index in [0.717, 1.165) is 0 Å². The molecule has 0 N–H and O–H groups in total. The van der Waals surface area contributed by atoms with Crippen molar-refractivity contribution in [2.45, 2.75) is 0 Å². The van der Waals surface area contributed by atoms with Gasteiger partial charge in [-0.3, -0.25) is 0 Å². The Morgan fingerprint density at radius 1 is 0.933 bits per heavy atom. The van der Waals surface area contributed by atoms with Crippen LogP contribution in [0.3, 0.4) is 0 Å². The minimum atomic E-state index is -0.500. The number of halogens is 2. The van der Waals surface area contributed by atoms with E-state index in [1.165, 1.54) is 0 Å². The maximum atomic E-state index is 8.25. The standard InChI is InChI=1S/C6H4Cl2.2CH2O2.Mg/c7-5-3-1-2-4-6(5)8;2*2-1-3;/h1-4H;2*1H,(H,2,3);/q;;;+2/p-2. The molecule has 0 bridgehead atoms. The minimum absolute atomic E-state index is 0. The smallest absolute Gasteiger partial charge is 0.554 e. The topological polar surface area (TPSA) is 80.3 Å². The molecule has 0 aromatic heterocycles. The fraction of sp³-hybridized carbons (Fsp3) is 0. The second kappa shape index (κ2) is 16.0. The molecule has 78 valence electrons. The van der Waals surface area contributed by atoms with E-state index >= 15 is 0 Å². The van der Waals surface area contributed by atoms with Gasteiger partial charge in [0.05, 0.1) is 10.0 Å². The zero-order chi connectivity index (χ0) is 11.4. The van der Waals surface area contributed by atoms with Crippen molar-refractivity contribution in [2.24, 2.45) is 0 Å². The minimum Gasteiger partial charge on any atom is -0.554 e. The van der Waals surface area contributed by atoms with Crippen LogP contribution < -0.4 is 10.2 Å². The van der Waals surface area contributed by atoms with Crippen molar-refractivity contribution in [3.63, 3.8) is 0 Å². The van der Waals surface area contributed by atoms with Gasteiger partial charge in [0.15, 0.2) is 0 Å². The van der Waals surface area contributed by atoms with Crippen LogP contribution in [0.4, 0.5) is 0 Å². The van der Waals surface area contributed by atoms with Gasteiger partial charge in [-0.1, -0.05) is 35.3 Å². The Bertz CT molecular complexity index is 244. The Balaban J connectivity index is -0.000000177. The van der Waals surface area contributed by atoms with Crippen molar-refractivity contribution in [3.8, 4) is 0 Å². The first-order valence-electron chi connectivity index (χ1n) is 3.15. The van der Waals surface area contributed by atoms with Crippen molar-refractivity contribution in [2.75, 3.05) is 0 Å². The van der Waals surface area contributed by atoms with Crippen LogP contribution in [0.1, 0.15) is 0 Å². The van der Waals surface area contributed by atoms with E-state index in [1.54, 1.807) is 12.1 Å². The van der Waals surface area contributed by atoms with E-state index in [4.69, 9.17) is 43.0 Å². The van der Waals surface area contributed by atoms with Gasteiger partial charge in [-0.15, -0.1) is 0 Å². The number of hydrogen-bond donors (Lipinski definition) is 0. The van der Waals surface area contributed by atoms with Gasteiger partial charge in [0, 0.05) is 12.9 Å². The van der Waals surface area contributed by atoms with E-state index in [-0.39, 0.29) is 23.1 Å². The van der Waals surface area contributed by atoms with Gasteiger partial charge < -0.3 is 19.8 Å². The van der Waals surface area contributed by atoms with Gasteiger partial charge in [-0.05, 0) is 12.1 Å². The van der Waals surface area contributed by atoms with Gasteiger partial charge in [-0.2, -0.15) is 0 Å². The number of benzene rings is 1. The first kappa shape index (κ1) is 20.0. The average molecular weight is 261 g/mol. The summed E-state index contributed by atoms with van der Waals surface area (Å²) in [5.41, 5.74) is 0. The van der Waals surface area contributed by atoms with Crippen molar-refractivity contribution < 1.29 is 19.8 Å². The van der Waals surface area contributed by atoms with E-state index in [2.05, 4.69) is 0 Å². The van der Waals surface area contributed by atoms with Crippen LogP contribution in [0.25, 0.3) is 0 Å². The summed E-state index contributed by atoms with van der Waals surface area (Å²) in [6.07, 6.45) is 0. The van der Waals surface area contributed by atoms with E-state index in [1.807, 2.05) is 12.1 Å². The molecule has 0 aliphatic rings. The zero-order valence-electron chi connectivity index (χ0n) is 7.56. The van der Waals surface area contributed by atoms with Crippen LogP contribution >= 0.6 is 23.2 Å². The molecule has 0 heterocycles. The molecular weight excluding hydrogens is 255 g/mol. The Morgan fingerprint density at radius 2 is 1.13 bits per heavy atom. The van der Waals surface area contributed by atoms with Crippen molar-refractivity contribution in [3.05, 3.63) is 34.3 Å². The molecule has 0 unspecified atom stereocenters. The van der Waals surface area contributed by atoms with Gasteiger partial charge in [0.25, 0.3) is 0 Å². The molecule has 1 aromatic rings. The Hall–Kier alpha value is -0.494. The quantitative estimate of drug-likeness (QED) is 0.459. The van der Waals surface area contributed by atoms with Crippen molar-refractivity contribution in [1.29, 1.82) is 0 Å². The van der Waals surface area contributed by atoms with E-state index in [0.29, 0.717) is 10.0 Å². The third kappa shape index (κ3) is 16.2. The molecule has 0 amide bonds. The van der Waals surface area contributed by atoms with Crippen LogP contribution in [0.5, 0.6) is 0 Å². The monoisotopic (exact) mass is 260 g/mol. The molecule has 0 spiro atoms. The fourth-order valence-corrected chi connectivity index (χ4v) is 0.711. The first-order valence-corrected chi connectivity index (χ1v) is 3.90. The van der Waals surface area contributed by atoms with Crippen LogP contribution in [-0.2, 0) is 9.59 Å². The second-order valence-corrected chi connectivity index (χ2v) is 2.42. The summed E-state index contributed by atoms with van der Waals surface area (Å²) in [5.74, 6) is 0. The summed E-state index contributed by atoms with van der Waals surface area (Å²) in [5, 5.41) is 17.7.